The minimum absolute atomic E-state index is 0.0271. The van der Waals surface area contributed by atoms with E-state index in [-0.39, 0.29) is 23.8 Å². The fourth-order valence-corrected chi connectivity index (χ4v) is 2.80. The average molecular weight is 377 g/mol. The van der Waals surface area contributed by atoms with Crippen LogP contribution in [0.25, 0.3) is 6.08 Å². The van der Waals surface area contributed by atoms with Crippen molar-refractivity contribution in [1.29, 1.82) is 0 Å². The fourth-order valence-electron chi connectivity index (χ4n) is 2.80. The minimum Gasteiger partial charge on any atom is -0.489 e. The number of nitrogens with zero attached hydrogens (tertiary/aromatic N) is 1. The van der Waals surface area contributed by atoms with Crippen molar-refractivity contribution in [1.82, 2.24) is 0 Å². The number of rotatable bonds is 5. The molecule has 0 amide bonds. The Morgan fingerprint density at radius 3 is 2.57 bits per heavy atom. The highest BCUT2D eigenvalue weighted by molar-refractivity contribution is 6.14. The Hall–Kier alpha value is -3.87. The molecule has 0 atom stereocenters. The number of Topliss-reactive ketones (excluding diaryl/α,β-unsaturated/α-hetero) is 1. The summed E-state index contributed by atoms with van der Waals surface area (Å²) < 4.78 is 16.8. The van der Waals surface area contributed by atoms with E-state index in [9.17, 15) is 14.9 Å². The van der Waals surface area contributed by atoms with Gasteiger partial charge in [0, 0.05) is 24.3 Å². The Labute approximate surface area is 160 Å². The van der Waals surface area contributed by atoms with Crippen LogP contribution >= 0.6 is 0 Å². The molecule has 0 spiro atoms. The van der Waals surface area contributed by atoms with Gasteiger partial charge in [0.05, 0.1) is 10.5 Å². The summed E-state index contributed by atoms with van der Waals surface area (Å²) in [6, 6.07) is 14.7. The number of fused-ring (bicyclic) bond motifs is 1. The van der Waals surface area contributed by atoms with Gasteiger partial charge in [-0.1, -0.05) is 0 Å². The number of furan rings is 1. The fraction of sp³-hybridized carbons (Fsp3) is 0.0952. The summed E-state index contributed by atoms with van der Waals surface area (Å²) in [5.41, 5.74) is 1.27. The lowest BCUT2D eigenvalue weighted by Crippen LogP contribution is -1.97. The summed E-state index contributed by atoms with van der Waals surface area (Å²) >= 11 is 0. The van der Waals surface area contributed by atoms with E-state index >= 15 is 0 Å². The lowest BCUT2D eigenvalue weighted by atomic mass is 10.1. The third-order valence-corrected chi connectivity index (χ3v) is 4.23. The van der Waals surface area contributed by atoms with Crippen LogP contribution in [-0.4, -0.2) is 10.7 Å². The van der Waals surface area contributed by atoms with Gasteiger partial charge in [0.25, 0.3) is 5.69 Å². The van der Waals surface area contributed by atoms with Crippen LogP contribution in [0.2, 0.25) is 0 Å². The summed E-state index contributed by atoms with van der Waals surface area (Å²) in [5, 5.41) is 10.7. The second-order valence-corrected chi connectivity index (χ2v) is 6.26. The summed E-state index contributed by atoms with van der Waals surface area (Å²) in [6.45, 7) is 2.06. The maximum absolute atomic E-state index is 12.5. The highest BCUT2D eigenvalue weighted by Gasteiger charge is 2.28. The van der Waals surface area contributed by atoms with Gasteiger partial charge in [-0.15, -0.1) is 0 Å². The topological polar surface area (TPSA) is 91.8 Å². The Bertz CT molecular complexity index is 1090. The molecule has 0 fully saturated rings. The summed E-state index contributed by atoms with van der Waals surface area (Å²) in [6.07, 6.45) is 1.56. The predicted molar refractivity (Wildman–Crippen MR) is 100 cm³/mol. The molecule has 7 nitrogen and oxygen atoms in total. The molecule has 3 aromatic rings. The van der Waals surface area contributed by atoms with E-state index in [4.69, 9.17) is 13.9 Å². The van der Waals surface area contributed by atoms with Gasteiger partial charge < -0.3 is 13.9 Å². The molecule has 140 valence electrons. The number of nitro groups is 1. The van der Waals surface area contributed by atoms with Crippen LogP contribution in [0.5, 0.6) is 11.5 Å². The molecule has 0 bridgehead atoms. The first kappa shape index (κ1) is 17.5. The standard InChI is InChI=1S/C21H15NO6/c1-13-2-7-17(27-13)11-20-21(23)18-9-8-16(10-19(18)28-20)26-12-14-3-5-15(6-4-14)22(24)25/h2-11H,12H2,1H3/b20-11+. The van der Waals surface area contributed by atoms with E-state index in [1.807, 2.05) is 13.0 Å². The Balaban J connectivity index is 1.47. The molecule has 0 aliphatic carbocycles. The van der Waals surface area contributed by atoms with Gasteiger partial charge in [0.2, 0.25) is 5.78 Å². The van der Waals surface area contributed by atoms with Crippen LogP contribution in [0.3, 0.4) is 0 Å². The van der Waals surface area contributed by atoms with Gasteiger partial charge in [-0.05, 0) is 48.9 Å². The third-order valence-electron chi connectivity index (χ3n) is 4.23. The van der Waals surface area contributed by atoms with Crippen LogP contribution in [0.15, 0.2) is 64.8 Å². The van der Waals surface area contributed by atoms with E-state index in [1.165, 1.54) is 12.1 Å². The maximum Gasteiger partial charge on any atom is 0.269 e. The number of benzene rings is 2. The number of ether oxygens (including phenoxy) is 2. The number of non-ortho nitro benzene ring substituents is 1. The van der Waals surface area contributed by atoms with Crippen LogP contribution in [0.4, 0.5) is 5.69 Å². The molecule has 2 aromatic carbocycles. The molecule has 7 heteroatoms. The molecule has 1 aliphatic heterocycles. The van der Waals surface area contributed by atoms with Crippen molar-refractivity contribution in [3.05, 3.63) is 93.1 Å². The van der Waals surface area contributed by atoms with Crippen molar-refractivity contribution in [2.45, 2.75) is 13.5 Å². The molecule has 0 radical (unpaired) electrons. The van der Waals surface area contributed by atoms with E-state index in [0.29, 0.717) is 22.8 Å². The smallest absolute Gasteiger partial charge is 0.269 e. The van der Waals surface area contributed by atoms with Gasteiger partial charge >= 0.3 is 0 Å². The predicted octanol–water partition coefficient (Wildman–Crippen LogP) is 4.69. The molecule has 28 heavy (non-hydrogen) atoms. The van der Waals surface area contributed by atoms with Gasteiger partial charge in [0.15, 0.2) is 5.76 Å². The van der Waals surface area contributed by atoms with Gasteiger partial charge in [-0.2, -0.15) is 0 Å². The molecule has 2 heterocycles. The molecular formula is C21H15NO6. The Kier molecular flexibility index (Phi) is 4.41. The third kappa shape index (κ3) is 3.50. The lowest BCUT2D eigenvalue weighted by Gasteiger charge is -2.07. The first-order chi connectivity index (χ1) is 13.5. The van der Waals surface area contributed by atoms with Crippen molar-refractivity contribution < 1.29 is 23.6 Å². The number of hydrogen-bond donors (Lipinski definition) is 0. The SMILES string of the molecule is Cc1ccc(/C=C2/Oc3cc(OCc4ccc([N+](=O)[O-])cc4)ccc3C2=O)o1. The number of nitro benzene ring substituents is 1. The molecule has 0 saturated carbocycles. The van der Waals surface area contributed by atoms with Crippen LogP contribution in [0, 0.1) is 17.0 Å². The molecular weight excluding hydrogens is 362 g/mol. The Morgan fingerprint density at radius 1 is 1.11 bits per heavy atom. The maximum atomic E-state index is 12.5. The van der Waals surface area contributed by atoms with E-state index in [0.717, 1.165) is 11.3 Å². The summed E-state index contributed by atoms with van der Waals surface area (Å²) in [7, 11) is 0. The molecule has 1 aromatic heterocycles. The second kappa shape index (κ2) is 7.03. The van der Waals surface area contributed by atoms with Crippen LogP contribution in [0.1, 0.15) is 27.4 Å². The number of hydrogen-bond acceptors (Lipinski definition) is 6. The van der Waals surface area contributed by atoms with Gasteiger partial charge in [-0.3, -0.25) is 14.9 Å². The highest BCUT2D eigenvalue weighted by Crippen LogP contribution is 2.35. The number of ketones is 1. The first-order valence-electron chi connectivity index (χ1n) is 8.50. The quantitative estimate of drug-likeness (QED) is 0.364. The number of allylic oxidation sites excluding steroid dienone is 1. The number of carbonyl (C=O) groups is 1. The van der Waals surface area contributed by atoms with Crippen molar-refractivity contribution in [2.75, 3.05) is 0 Å². The van der Waals surface area contributed by atoms with Gasteiger partial charge in [-0.25, -0.2) is 0 Å². The van der Waals surface area contributed by atoms with Crippen molar-refractivity contribution >= 4 is 17.5 Å². The van der Waals surface area contributed by atoms with E-state index in [2.05, 4.69) is 0 Å². The second-order valence-electron chi connectivity index (χ2n) is 6.26. The van der Waals surface area contributed by atoms with Crippen molar-refractivity contribution in [3.63, 3.8) is 0 Å². The van der Waals surface area contributed by atoms with Gasteiger partial charge in [0.1, 0.15) is 29.6 Å². The Morgan fingerprint density at radius 2 is 1.89 bits per heavy atom. The number of carbonyl (C=O) groups excluding carboxylic acids is 1. The summed E-state index contributed by atoms with van der Waals surface area (Å²) in [5.74, 6) is 2.21. The lowest BCUT2D eigenvalue weighted by molar-refractivity contribution is -0.384. The van der Waals surface area contributed by atoms with Crippen LogP contribution in [-0.2, 0) is 6.61 Å². The van der Waals surface area contributed by atoms with Crippen molar-refractivity contribution in [2.24, 2.45) is 0 Å². The molecule has 0 saturated heterocycles. The minimum atomic E-state index is -0.450. The monoisotopic (exact) mass is 377 g/mol. The van der Waals surface area contributed by atoms with E-state index < -0.39 is 4.92 Å². The average Bonchev–Trinajstić information content (AvgIpc) is 3.23. The normalized spacial score (nSPS) is 14.0. The first-order valence-corrected chi connectivity index (χ1v) is 8.50. The molecule has 1 aliphatic rings. The number of aryl methyl sites for hydroxylation is 1. The molecule has 0 N–H and O–H groups in total. The summed E-state index contributed by atoms with van der Waals surface area (Å²) in [4.78, 5) is 22.7. The zero-order valence-corrected chi connectivity index (χ0v) is 14.9. The zero-order chi connectivity index (χ0) is 19.7. The molecule has 0 unspecified atom stereocenters. The van der Waals surface area contributed by atoms with E-state index in [1.54, 1.807) is 42.5 Å². The van der Waals surface area contributed by atoms with Crippen LogP contribution < -0.4 is 9.47 Å². The van der Waals surface area contributed by atoms with Crippen molar-refractivity contribution in [3.8, 4) is 11.5 Å². The zero-order valence-electron chi connectivity index (χ0n) is 14.9. The molecule has 4 rings (SSSR count). The largest absolute Gasteiger partial charge is 0.489 e. The highest BCUT2D eigenvalue weighted by atomic mass is 16.6.